The molecule has 1 heterocycles. The number of furan rings is 1. The van der Waals surface area contributed by atoms with E-state index in [0.29, 0.717) is 16.9 Å². The highest BCUT2D eigenvalue weighted by atomic mass is 127. The zero-order valence-corrected chi connectivity index (χ0v) is 11.9. The van der Waals surface area contributed by atoms with Gasteiger partial charge in [0.05, 0.1) is 6.54 Å². The lowest BCUT2D eigenvalue weighted by Gasteiger charge is -2.03. The van der Waals surface area contributed by atoms with Crippen LogP contribution in [0.3, 0.4) is 0 Å². The monoisotopic (exact) mass is 319 g/mol. The summed E-state index contributed by atoms with van der Waals surface area (Å²) in [5.41, 5.74) is 0.791. The van der Waals surface area contributed by atoms with E-state index in [1.165, 1.54) is 0 Å². The lowest BCUT2D eigenvalue weighted by atomic mass is 10.0. The molecule has 3 heteroatoms. The van der Waals surface area contributed by atoms with Crippen molar-refractivity contribution < 1.29 is 4.42 Å². The van der Waals surface area contributed by atoms with Gasteiger partial charge < -0.3 is 9.73 Å². The molecule has 1 fully saturated rings. The van der Waals surface area contributed by atoms with Crippen LogP contribution in [0.1, 0.15) is 33.5 Å². The molecule has 1 aromatic rings. The van der Waals surface area contributed by atoms with Crippen molar-refractivity contribution in [3.8, 4) is 0 Å². The van der Waals surface area contributed by atoms with E-state index in [4.69, 9.17) is 4.42 Å². The average Bonchev–Trinajstić information content (AvgIpc) is 2.50. The van der Waals surface area contributed by atoms with Gasteiger partial charge in [-0.05, 0) is 45.6 Å². The highest BCUT2D eigenvalue weighted by Gasteiger charge is 2.64. The molecule has 2 rings (SSSR count). The van der Waals surface area contributed by atoms with Gasteiger partial charge in [0.2, 0.25) is 0 Å². The highest BCUT2D eigenvalue weighted by molar-refractivity contribution is 14.1. The van der Waals surface area contributed by atoms with Gasteiger partial charge in [0.1, 0.15) is 5.76 Å². The Morgan fingerprint density at radius 2 is 1.87 bits per heavy atom. The molecule has 84 valence electrons. The molecular formula is C12H18INO. The molecule has 0 amide bonds. The summed E-state index contributed by atoms with van der Waals surface area (Å²) in [5.74, 6) is 1.03. The fourth-order valence-electron chi connectivity index (χ4n) is 2.36. The lowest BCUT2D eigenvalue weighted by Crippen LogP contribution is -2.21. The van der Waals surface area contributed by atoms with Crippen molar-refractivity contribution in [1.29, 1.82) is 0 Å². The van der Waals surface area contributed by atoms with E-state index in [-0.39, 0.29) is 0 Å². The first-order valence-electron chi connectivity index (χ1n) is 5.33. The Morgan fingerprint density at radius 3 is 2.27 bits per heavy atom. The predicted octanol–water partition coefficient (Wildman–Crippen LogP) is 3.41. The normalized spacial score (nSPS) is 23.0. The highest BCUT2D eigenvalue weighted by Crippen LogP contribution is 2.62. The Kier molecular flexibility index (Phi) is 2.66. The van der Waals surface area contributed by atoms with Gasteiger partial charge in [-0.3, -0.25) is 0 Å². The first-order valence-corrected chi connectivity index (χ1v) is 6.41. The van der Waals surface area contributed by atoms with Crippen LogP contribution in [0.15, 0.2) is 16.5 Å². The molecule has 0 bridgehead atoms. The van der Waals surface area contributed by atoms with Crippen LogP contribution in [0.2, 0.25) is 0 Å². The quantitative estimate of drug-likeness (QED) is 0.864. The van der Waals surface area contributed by atoms with Gasteiger partial charge in [-0.2, -0.15) is 0 Å². The number of halogens is 1. The topological polar surface area (TPSA) is 25.2 Å². The Balaban J connectivity index is 1.91. The molecule has 0 unspecified atom stereocenters. The second-order valence-corrected chi connectivity index (χ2v) is 6.53. The zero-order valence-electron chi connectivity index (χ0n) is 9.73. The fourth-order valence-corrected chi connectivity index (χ4v) is 2.82. The molecule has 1 aromatic heterocycles. The summed E-state index contributed by atoms with van der Waals surface area (Å²) in [4.78, 5) is 0. The van der Waals surface area contributed by atoms with Crippen LogP contribution in [-0.2, 0) is 6.54 Å². The van der Waals surface area contributed by atoms with Crippen molar-refractivity contribution in [3.05, 3.63) is 21.7 Å². The van der Waals surface area contributed by atoms with Gasteiger partial charge in [-0.15, -0.1) is 0 Å². The summed E-state index contributed by atoms with van der Waals surface area (Å²) in [6.45, 7) is 10.1. The standard InChI is InChI=1S/C12H18INO/c1-11(2)10(12(11,3)4)14-7-8-5-6-9(13)15-8/h5-6,10,14H,7H2,1-4H3. The molecular weight excluding hydrogens is 301 g/mol. The summed E-state index contributed by atoms with van der Waals surface area (Å²) in [6.07, 6.45) is 0. The maximum absolute atomic E-state index is 5.52. The zero-order chi connectivity index (χ0) is 11.3. The third-order valence-electron chi connectivity index (χ3n) is 4.13. The minimum Gasteiger partial charge on any atom is -0.454 e. The number of hydrogen-bond acceptors (Lipinski definition) is 2. The van der Waals surface area contributed by atoms with Crippen LogP contribution in [-0.4, -0.2) is 6.04 Å². The van der Waals surface area contributed by atoms with Crippen LogP contribution in [0.25, 0.3) is 0 Å². The minimum absolute atomic E-state index is 0.396. The molecule has 0 aliphatic heterocycles. The van der Waals surface area contributed by atoms with Crippen molar-refractivity contribution >= 4 is 22.6 Å². The smallest absolute Gasteiger partial charge is 0.164 e. The number of rotatable bonds is 3. The van der Waals surface area contributed by atoms with Crippen LogP contribution < -0.4 is 5.32 Å². The van der Waals surface area contributed by atoms with E-state index in [1.54, 1.807) is 0 Å². The summed E-state index contributed by atoms with van der Waals surface area (Å²) in [6, 6.07) is 4.63. The second kappa shape index (κ2) is 3.48. The van der Waals surface area contributed by atoms with Gasteiger partial charge in [-0.1, -0.05) is 27.7 Å². The molecule has 15 heavy (non-hydrogen) atoms. The Hall–Kier alpha value is -0.0300. The molecule has 0 saturated heterocycles. The van der Waals surface area contributed by atoms with Crippen molar-refractivity contribution in [2.75, 3.05) is 0 Å². The van der Waals surface area contributed by atoms with Gasteiger partial charge in [0, 0.05) is 6.04 Å². The van der Waals surface area contributed by atoms with Gasteiger partial charge in [0.15, 0.2) is 3.77 Å². The summed E-state index contributed by atoms with van der Waals surface area (Å²) < 4.78 is 6.48. The predicted molar refractivity (Wildman–Crippen MR) is 69.6 cm³/mol. The largest absolute Gasteiger partial charge is 0.454 e. The van der Waals surface area contributed by atoms with E-state index in [1.807, 2.05) is 12.1 Å². The Bertz CT molecular complexity index is 353. The molecule has 1 saturated carbocycles. The summed E-state index contributed by atoms with van der Waals surface area (Å²) >= 11 is 2.19. The third kappa shape index (κ3) is 1.84. The van der Waals surface area contributed by atoms with E-state index in [2.05, 4.69) is 55.6 Å². The first kappa shape index (κ1) is 11.5. The van der Waals surface area contributed by atoms with Crippen LogP contribution in [0.5, 0.6) is 0 Å². The summed E-state index contributed by atoms with van der Waals surface area (Å²) in [5, 5.41) is 3.57. The number of hydrogen-bond donors (Lipinski definition) is 1. The Morgan fingerprint density at radius 1 is 1.27 bits per heavy atom. The molecule has 2 nitrogen and oxygen atoms in total. The maximum Gasteiger partial charge on any atom is 0.164 e. The fraction of sp³-hybridized carbons (Fsp3) is 0.667. The van der Waals surface area contributed by atoms with E-state index in [0.717, 1.165) is 16.1 Å². The molecule has 0 spiro atoms. The second-order valence-electron chi connectivity index (χ2n) is 5.46. The van der Waals surface area contributed by atoms with Crippen LogP contribution in [0.4, 0.5) is 0 Å². The van der Waals surface area contributed by atoms with Crippen LogP contribution in [0, 0.1) is 14.6 Å². The van der Waals surface area contributed by atoms with E-state index >= 15 is 0 Å². The summed E-state index contributed by atoms with van der Waals surface area (Å²) in [7, 11) is 0. The number of nitrogens with one attached hydrogen (secondary N) is 1. The van der Waals surface area contributed by atoms with Crippen molar-refractivity contribution in [2.45, 2.75) is 40.3 Å². The van der Waals surface area contributed by atoms with Gasteiger partial charge in [0.25, 0.3) is 0 Å². The molecule has 1 aliphatic rings. The average molecular weight is 319 g/mol. The van der Waals surface area contributed by atoms with Gasteiger partial charge >= 0.3 is 0 Å². The van der Waals surface area contributed by atoms with Crippen molar-refractivity contribution in [2.24, 2.45) is 10.8 Å². The van der Waals surface area contributed by atoms with Crippen LogP contribution >= 0.6 is 22.6 Å². The molecule has 0 atom stereocenters. The maximum atomic E-state index is 5.52. The molecule has 0 radical (unpaired) electrons. The van der Waals surface area contributed by atoms with Crippen molar-refractivity contribution in [3.63, 3.8) is 0 Å². The molecule has 1 N–H and O–H groups in total. The minimum atomic E-state index is 0.396. The SMILES string of the molecule is CC1(C)C(NCc2ccc(I)o2)C1(C)C. The molecule has 0 aromatic carbocycles. The van der Waals surface area contributed by atoms with E-state index < -0.39 is 0 Å². The third-order valence-corrected chi connectivity index (χ3v) is 4.71. The van der Waals surface area contributed by atoms with E-state index in [9.17, 15) is 0 Å². The van der Waals surface area contributed by atoms with Crippen molar-refractivity contribution in [1.82, 2.24) is 5.32 Å². The Labute approximate surface area is 105 Å². The lowest BCUT2D eigenvalue weighted by molar-refractivity contribution is 0.447. The molecule has 1 aliphatic carbocycles. The first-order chi connectivity index (χ1) is 6.85. The van der Waals surface area contributed by atoms with Gasteiger partial charge in [-0.25, -0.2) is 0 Å².